The minimum Gasteiger partial charge on any atom is -0.330 e. The lowest BCUT2D eigenvalue weighted by atomic mass is 9.75. The first-order valence-corrected chi connectivity index (χ1v) is 10.2. The van der Waals surface area contributed by atoms with Gasteiger partial charge in [-0.1, -0.05) is 34.6 Å². The molecule has 1 aliphatic heterocycles. The molecule has 0 bridgehead atoms. The van der Waals surface area contributed by atoms with Crippen LogP contribution < -0.4 is 10.8 Å². The maximum Gasteiger partial charge on any atom is 0.247 e. The topological polar surface area (TPSA) is 98.7 Å². The highest BCUT2D eigenvalue weighted by atomic mass is 19.1. The molecule has 1 aromatic rings. The second-order valence-electron chi connectivity index (χ2n) is 9.60. The highest BCUT2D eigenvalue weighted by Gasteiger charge is 2.53. The number of nitrogens with zero attached hydrogens (tertiary/aromatic N) is 1. The molecule has 0 unspecified atom stereocenters. The van der Waals surface area contributed by atoms with Gasteiger partial charge in [-0.15, -0.1) is 0 Å². The normalized spacial score (nSPS) is 20.4. The van der Waals surface area contributed by atoms with Crippen LogP contribution in [0.2, 0.25) is 0 Å². The molecular weight excluding hydrogens is 389 g/mol. The molecule has 0 spiro atoms. The van der Waals surface area contributed by atoms with Crippen LogP contribution in [0.25, 0.3) is 0 Å². The van der Waals surface area contributed by atoms with Gasteiger partial charge in [0.25, 0.3) is 0 Å². The summed E-state index contributed by atoms with van der Waals surface area (Å²) >= 11 is 0. The van der Waals surface area contributed by atoms with Crippen LogP contribution in [0.15, 0.2) is 24.3 Å². The van der Waals surface area contributed by atoms with Crippen LogP contribution in [0, 0.1) is 22.6 Å². The number of halogens is 1. The Morgan fingerprint density at radius 2 is 1.83 bits per heavy atom. The van der Waals surface area contributed by atoms with Crippen molar-refractivity contribution in [2.75, 3.05) is 11.9 Å². The van der Waals surface area contributed by atoms with Gasteiger partial charge in [0.15, 0.2) is 0 Å². The van der Waals surface area contributed by atoms with Crippen LogP contribution in [0.4, 0.5) is 10.1 Å². The molecule has 1 aliphatic rings. The molecular formula is C22H32FN3O4. The number of benzene rings is 1. The lowest BCUT2D eigenvalue weighted by Gasteiger charge is -2.38. The number of carbonyl (C=O) groups excluding carboxylic acids is 3. The van der Waals surface area contributed by atoms with E-state index in [-0.39, 0.29) is 24.2 Å². The van der Waals surface area contributed by atoms with E-state index in [2.05, 4.69) is 5.32 Å². The predicted molar refractivity (Wildman–Crippen MR) is 111 cm³/mol. The summed E-state index contributed by atoms with van der Waals surface area (Å²) in [6.07, 6.45) is 0.771. The second-order valence-corrected chi connectivity index (χ2v) is 9.60. The zero-order valence-electron chi connectivity index (χ0n) is 18.3. The van der Waals surface area contributed by atoms with E-state index in [0.29, 0.717) is 25.1 Å². The summed E-state index contributed by atoms with van der Waals surface area (Å²) in [5.41, 5.74) is 0.531. The maximum atomic E-state index is 13.5. The Morgan fingerprint density at radius 1 is 1.23 bits per heavy atom. The van der Waals surface area contributed by atoms with Gasteiger partial charge in [-0.05, 0) is 48.4 Å². The van der Waals surface area contributed by atoms with Crippen molar-refractivity contribution < 1.29 is 24.0 Å². The average molecular weight is 422 g/mol. The third-order valence-electron chi connectivity index (χ3n) is 5.46. The Balaban J connectivity index is 2.33. The third kappa shape index (κ3) is 5.36. The highest BCUT2D eigenvalue weighted by Crippen LogP contribution is 2.44. The first-order chi connectivity index (χ1) is 13.9. The van der Waals surface area contributed by atoms with Gasteiger partial charge in [0.2, 0.25) is 17.7 Å². The van der Waals surface area contributed by atoms with E-state index in [1.807, 2.05) is 34.6 Å². The minimum atomic E-state index is -0.958. The average Bonchev–Trinajstić information content (AvgIpc) is 2.91. The van der Waals surface area contributed by atoms with Gasteiger partial charge in [0.05, 0.1) is 5.41 Å². The molecule has 1 fully saturated rings. The summed E-state index contributed by atoms with van der Waals surface area (Å²) in [7, 11) is 0. The number of carbonyl (C=O) groups is 3. The van der Waals surface area contributed by atoms with E-state index in [9.17, 15) is 18.8 Å². The Labute approximate surface area is 177 Å². The Morgan fingerprint density at radius 3 is 2.33 bits per heavy atom. The van der Waals surface area contributed by atoms with E-state index < -0.39 is 28.6 Å². The minimum absolute atomic E-state index is 0.131. The van der Waals surface area contributed by atoms with Crippen molar-refractivity contribution in [2.45, 2.75) is 59.9 Å². The second kappa shape index (κ2) is 9.12. The molecule has 7 nitrogen and oxygen atoms in total. The van der Waals surface area contributed by atoms with Crippen molar-refractivity contribution in [1.82, 2.24) is 10.4 Å². The summed E-state index contributed by atoms with van der Waals surface area (Å²) in [5.74, 6) is -1.49. The largest absolute Gasteiger partial charge is 0.330 e. The molecule has 3 N–H and O–H groups in total. The molecule has 1 aromatic carbocycles. The Hall–Kier alpha value is -2.48. The van der Waals surface area contributed by atoms with Gasteiger partial charge in [-0.25, -0.2) is 9.87 Å². The third-order valence-corrected chi connectivity index (χ3v) is 5.46. The van der Waals surface area contributed by atoms with Gasteiger partial charge in [-0.3, -0.25) is 19.6 Å². The zero-order valence-corrected chi connectivity index (χ0v) is 18.3. The van der Waals surface area contributed by atoms with Gasteiger partial charge < -0.3 is 10.2 Å². The summed E-state index contributed by atoms with van der Waals surface area (Å²) in [4.78, 5) is 40.2. The summed E-state index contributed by atoms with van der Waals surface area (Å²) in [6.45, 7) is 9.89. The van der Waals surface area contributed by atoms with Gasteiger partial charge in [0.1, 0.15) is 11.9 Å². The van der Waals surface area contributed by atoms with Crippen molar-refractivity contribution in [3.05, 3.63) is 30.1 Å². The SMILES string of the molecule is CC(C)C[C@@]1(CC(=O)NO)CCN([C@@H](C(=O)Nc2ccc(F)cc2)C(C)(C)C)C1=O. The van der Waals surface area contributed by atoms with Crippen LogP contribution >= 0.6 is 0 Å². The Kier molecular flexibility index (Phi) is 7.23. The van der Waals surface area contributed by atoms with Gasteiger partial charge >= 0.3 is 0 Å². The summed E-state index contributed by atoms with van der Waals surface area (Å²) in [6, 6.07) is 4.66. The molecule has 166 valence electrons. The molecule has 3 amide bonds. The van der Waals surface area contributed by atoms with Crippen LogP contribution in [-0.2, 0) is 14.4 Å². The molecule has 0 radical (unpaired) electrons. The molecule has 1 heterocycles. The maximum absolute atomic E-state index is 13.5. The molecule has 0 saturated carbocycles. The highest BCUT2D eigenvalue weighted by molar-refractivity contribution is 5.99. The number of nitrogens with one attached hydrogen (secondary N) is 2. The summed E-state index contributed by atoms with van der Waals surface area (Å²) < 4.78 is 13.2. The number of hydroxylamine groups is 1. The summed E-state index contributed by atoms with van der Waals surface area (Å²) in [5, 5.41) is 11.8. The molecule has 0 aromatic heterocycles. The molecule has 2 rings (SSSR count). The Bertz CT molecular complexity index is 789. The molecule has 8 heteroatoms. The van der Waals surface area contributed by atoms with Crippen molar-refractivity contribution in [2.24, 2.45) is 16.7 Å². The van der Waals surface area contributed by atoms with Gasteiger partial charge in [0, 0.05) is 18.7 Å². The monoisotopic (exact) mass is 421 g/mol. The van der Waals surface area contributed by atoms with Crippen molar-refractivity contribution >= 4 is 23.4 Å². The van der Waals surface area contributed by atoms with E-state index in [4.69, 9.17) is 5.21 Å². The first kappa shape index (κ1) is 23.8. The van der Waals surface area contributed by atoms with E-state index >= 15 is 0 Å². The number of amides is 3. The van der Waals surface area contributed by atoms with Gasteiger partial charge in [-0.2, -0.15) is 0 Å². The number of rotatable bonds is 7. The van der Waals surface area contributed by atoms with Crippen molar-refractivity contribution in [1.29, 1.82) is 0 Å². The zero-order chi connectivity index (χ0) is 22.7. The predicted octanol–water partition coefficient (Wildman–Crippen LogP) is 3.34. The fourth-order valence-corrected chi connectivity index (χ4v) is 4.39. The van der Waals surface area contributed by atoms with E-state index in [1.54, 1.807) is 10.4 Å². The number of hydrogen-bond acceptors (Lipinski definition) is 4. The quantitative estimate of drug-likeness (QED) is 0.464. The van der Waals surface area contributed by atoms with Crippen LogP contribution in [0.5, 0.6) is 0 Å². The number of hydrogen-bond donors (Lipinski definition) is 3. The lowest BCUT2D eigenvalue weighted by molar-refractivity contribution is -0.148. The molecule has 30 heavy (non-hydrogen) atoms. The van der Waals surface area contributed by atoms with Crippen molar-refractivity contribution in [3.8, 4) is 0 Å². The lowest BCUT2D eigenvalue weighted by Crippen LogP contribution is -2.54. The molecule has 1 saturated heterocycles. The van der Waals surface area contributed by atoms with Crippen LogP contribution in [0.3, 0.4) is 0 Å². The number of likely N-dealkylation sites (tertiary alicyclic amines) is 1. The van der Waals surface area contributed by atoms with E-state index in [1.165, 1.54) is 24.3 Å². The van der Waals surface area contributed by atoms with Crippen LogP contribution in [0.1, 0.15) is 53.9 Å². The smallest absolute Gasteiger partial charge is 0.247 e. The molecule has 0 aliphatic carbocycles. The van der Waals surface area contributed by atoms with Crippen LogP contribution in [-0.4, -0.2) is 40.4 Å². The fourth-order valence-electron chi connectivity index (χ4n) is 4.39. The standard InChI is InChI=1S/C22H32FN3O4/c1-14(2)12-22(13-17(27)25-30)10-11-26(20(22)29)18(21(3,4)5)19(28)24-16-8-6-15(23)7-9-16/h6-9,14,18,30H,10-13H2,1-5H3,(H,24,28)(H,25,27)/t18-,22+/m0/s1. The number of anilines is 1. The molecule has 2 atom stereocenters. The first-order valence-electron chi connectivity index (χ1n) is 10.2. The fraction of sp³-hybridized carbons (Fsp3) is 0.591. The van der Waals surface area contributed by atoms with Crippen molar-refractivity contribution in [3.63, 3.8) is 0 Å². The van der Waals surface area contributed by atoms with E-state index in [0.717, 1.165) is 0 Å².